The summed E-state index contributed by atoms with van der Waals surface area (Å²) in [6.45, 7) is 3.09. The van der Waals surface area contributed by atoms with E-state index < -0.39 is 0 Å². The predicted molar refractivity (Wildman–Crippen MR) is 82.9 cm³/mol. The van der Waals surface area contributed by atoms with Gasteiger partial charge in [-0.05, 0) is 50.3 Å². The molecule has 3 rings (SSSR count). The number of nitrogens with zero attached hydrogens (tertiary/aromatic N) is 1. The van der Waals surface area contributed by atoms with Crippen LogP contribution in [0.3, 0.4) is 0 Å². The van der Waals surface area contributed by atoms with Crippen molar-refractivity contribution in [2.75, 3.05) is 6.61 Å². The second kappa shape index (κ2) is 6.17. The average Bonchev–Trinajstić information content (AvgIpc) is 2.95. The van der Waals surface area contributed by atoms with Crippen LogP contribution in [-0.2, 0) is 4.74 Å². The zero-order valence-corrected chi connectivity index (χ0v) is 12.8. The van der Waals surface area contributed by atoms with Gasteiger partial charge in [0.25, 0.3) is 0 Å². The highest BCUT2D eigenvalue weighted by Crippen LogP contribution is 2.40. The molecule has 2 atom stereocenters. The summed E-state index contributed by atoms with van der Waals surface area (Å²) in [4.78, 5) is 0. The van der Waals surface area contributed by atoms with Gasteiger partial charge in [-0.15, -0.1) is 0 Å². The van der Waals surface area contributed by atoms with Gasteiger partial charge >= 0.3 is 0 Å². The molecule has 1 spiro atoms. The van der Waals surface area contributed by atoms with Gasteiger partial charge in [0.1, 0.15) is 0 Å². The van der Waals surface area contributed by atoms with Crippen molar-refractivity contribution in [3.05, 3.63) is 35.4 Å². The predicted octanol–water partition coefficient (Wildman–Crippen LogP) is 3.70. The van der Waals surface area contributed by atoms with Gasteiger partial charge in [-0.25, -0.2) is 0 Å². The number of rotatable bonds is 3. The average molecular weight is 284 g/mol. The summed E-state index contributed by atoms with van der Waals surface area (Å²) in [6.07, 6.45) is 7.35. The van der Waals surface area contributed by atoms with Crippen molar-refractivity contribution >= 4 is 0 Å². The first-order chi connectivity index (χ1) is 10.2. The maximum atomic E-state index is 8.87. The minimum atomic E-state index is 0.167. The lowest BCUT2D eigenvalue weighted by Gasteiger charge is -2.39. The third kappa shape index (κ3) is 3.28. The molecule has 1 aliphatic heterocycles. The molecule has 2 aliphatic rings. The standard InChI is InChI=1S/C18H24N2O/c1-14(16-6-4-15(13-19)5-7-16)20-17-8-11-21-18(12-17)9-2-3-10-18/h4-7,14,17,20H,2-3,8-12H2,1H3. The van der Waals surface area contributed by atoms with Crippen molar-refractivity contribution in [3.63, 3.8) is 0 Å². The van der Waals surface area contributed by atoms with Gasteiger partial charge in [-0.3, -0.25) is 0 Å². The van der Waals surface area contributed by atoms with Crippen LogP contribution in [0.1, 0.15) is 62.6 Å². The van der Waals surface area contributed by atoms with E-state index in [1.807, 2.05) is 12.1 Å². The summed E-state index contributed by atoms with van der Waals surface area (Å²) in [5.74, 6) is 0. The lowest BCUT2D eigenvalue weighted by atomic mass is 9.88. The smallest absolute Gasteiger partial charge is 0.0991 e. The van der Waals surface area contributed by atoms with E-state index in [9.17, 15) is 0 Å². The number of nitriles is 1. The second-order valence-corrected chi connectivity index (χ2v) is 6.55. The fourth-order valence-electron chi connectivity index (χ4n) is 3.83. The Labute approximate surface area is 127 Å². The molecule has 1 aromatic carbocycles. The summed E-state index contributed by atoms with van der Waals surface area (Å²) < 4.78 is 6.10. The summed E-state index contributed by atoms with van der Waals surface area (Å²) in [5.41, 5.74) is 2.14. The molecule has 1 heterocycles. The lowest BCUT2D eigenvalue weighted by Crippen LogP contribution is -2.46. The molecule has 0 aromatic heterocycles. The van der Waals surface area contributed by atoms with Crippen molar-refractivity contribution in [2.45, 2.75) is 63.1 Å². The number of ether oxygens (including phenoxy) is 1. The number of hydrogen-bond acceptors (Lipinski definition) is 3. The van der Waals surface area contributed by atoms with Crippen molar-refractivity contribution in [1.82, 2.24) is 5.32 Å². The first-order valence-corrected chi connectivity index (χ1v) is 8.11. The van der Waals surface area contributed by atoms with E-state index in [1.165, 1.54) is 31.2 Å². The van der Waals surface area contributed by atoms with E-state index in [2.05, 4.69) is 30.4 Å². The van der Waals surface area contributed by atoms with Gasteiger partial charge in [0.15, 0.2) is 0 Å². The second-order valence-electron chi connectivity index (χ2n) is 6.55. The van der Waals surface area contributed by atoms with Crippen LogP contribution in [0.15, 0.2) is 24.3 Å². The monoisotopic (exact) mass is 284 g/mol. The maximum Gasteiger partial charge on any atom is 0.0991 e. The number of hydrogen-bond donors (Lipinski definition) is 1. The largest absolute Gasteiger partial charge is 0.375 e. The molecule has 2 unspecified atom stereocenters. The molecular weight excluding hydrogens is 260 g/mol. The van der Waals surface area contributed by atoms with Gasteiger partial charge in [0, 0.05) is 18.7 Å². The van der Waals surface area contributed by atoms with Gasteiger partial charge in [0.05, 0.1) is 17.2 Å². The molecule has 0 amide bonds. The van der Waals surface area contributed by atoms with Crippen LogP contribution in [0.25, 0.3) is 0 Å². The molecule has 0 bridgehead atoms. The fourth-order valence-corrected chi connectivity index (χ4v) is 3.83. The Balaban J connectivity index is 1.61. The van der Waals surface area contributed by atoms with Crippen LogP contribution in [0.4, 0.5) is 0 Å². The molecule has 3 heteroatoms. The third-order valence-electron chi connectivity index (χ3n) is 5.03. The molecule has 112 valence electrons. The van der Waals surface area contributed by atoms with Crippen molar-refractivity contribution in [1.29, 1.82) is 5.26 Å². The molecule has 1 saturated carbocycles. The normalized spacial score (nSPS) is 25.6. The summed E-state index contributed by atoms with van der Waals surface area (Å²) >= 11 is 0. The quantitative estimate of drug-likeness (QED) is 0.920. The molecule has 1 aromatic rings. The van der Waals surface area contributed by atoms with Crippen LogP contribution in [-0.4, -0.2) is 18.2 Å². The minimum absolute atomic E-state index is 0.167. The molecule has 1 N–H and O–H groups in total. The first-order valence-electron chi connectivity index (χ1n) is 8.11. The zero-order chi connectivity index (χ0) is 14.7. The molecule has 1 aliphatic carbocycles. The Morgan fingerprint density at radius 1 is 1.29 bits per heavy atom. The highest BCUT2D eigenvalue weighted by Gasteiger charge is 2.40. The Bertz CT molecular complexity index is 511. The molecule has 3 nitrogen and oxygen atoms in total. The highest BCUT2D eigenvalue weighted by atomic mass is 16.5. The van der Waals surface area contributed by atoms with Crippen molar-refractivity contribution in [2.24, 2.45) is 0 Å². The molecule has 1 saturated heterocycles. The van der Waals surface area contributed by atoms with E-state index in [0.717, 1.165) is 25.0 Å². The number of benzene rings is 1. The Kier molecular flexibility index (Phi) is 4.28. The van der Waals surface area contributed by atoms with Crippen molar-refractivity contribution in [3.8, 4) is 6.07 Å². The van der Waals surface area contributed by atoms with E-state index in [1.54, 1.807) is 0 Å². The van der Waals surface area contributed by atoms with Gasteiger partial charge in [-0.1, -0.05) is 25.0 Å². The van der Waals surface area contributed by atoms with Crippen LogP contribution in [0.2, 0.25) is 0 Å². The highest BCUT2D eigenvalue weighted by molar-refractivity contribution is 5.32. The lowest BCUT2D eigenvalue weighted by molar-refractivity contribution is -0.0846. The summed E-state index contributed by atoms with van der Waals surface area (Å²) in [6, 6.07) is 10.9. The molecular formula is C18H24N2O. The van der Waals surface area contributed by atoms with Gasteiger partial charge in [0.2, 0.25) is 0 Å². The number of nitrogens with one attached hydrogen (secondary N) is 1. The van der Waals surface area contributed by atoms with E-state index in [-0.39, 0.29) is 5.60 Å². The van der Waals surface area contributed by atoms with Crippen LogP contribution in [0.5, 0.6) is 0 Å². The van der Waals surface area contributed by atoms with Gasteiger partial charge < -0.3 is 10.1 Å². The van der Waals surface area contributed by atoms with E-state index in [4.69, 9.17) is 10.00 Å². The van der Waals surface area contributed by atoms with E-state index >= 15 is 0 Å². The van der Waals surface area contributed by atoms with Gasteiger partial charge in [-0.2, -0.15) is 5.26 Å². The van der Waals surface area contributed by atoms with Crippen LogP contribution in [0, 0.1) is 11.3 Å². The molecule has 2 fully saturated rings. The summed E-state index contributed by atoms with van der Waals surface area (Å²) in [7, 11) is 0. The SMILES string of the molecule is CC(NC1CCOC2(CCCC2)C1)c1ccc(C#N)cc1. The third-order valence-corrected chi connectivity index (χ3v) is 5.03. The topological polar surface area (TPSA) is 45.0 Å². The maximum absolute atomic E-state index is 8.87. The Morgan fingerprint density at radius 3 is 2.67 bits per heavy atom. The Hall–Kier alpha value is -1.37. The molecule has 0 radical (unpaired) electrons. The molecule has 21 heavy (non-hydrogen) atoms. The fraction of sp³-hybridized carbons (Fsp3) is 0.611. The van der Waals surface area contributed by atoms with Crippen LogP contribution < -0.4 is 5.32 Å². The minimum Gasteiger partial charge on any atom is -0.375 e. The van der Waals surface area contributed by atoms with Crippen LogP contribution >= 0.6 is 0 Å². The van der Waals surface area contributed by atoms with Crippen molar-refractivity contribution < 1.29 is 4.74 Å². The summed E-state index contributed by atoms with van der Waals surface area (Å²) in [5, 5.41) is 12.6. The van der Waals surface area contributed by atoms with E-state index in [0.29, 0.717) is 12.1 Å². The Morgan fingerprint density at radius 2 is 2.00 bits per heavy atom. The zero-order valence-electron chi connectivity index (χ0n) is 12.8. The first kappa shape index (κ1) is 14.6.